The zero-order valence-electron chi connectivity index (χ0n) is 14.6. The van der Waals surface area contributed by atoms with Crippen LogP contribution < -0.4 is 10.1 Å². The maximum absolute atomic E-state index is 12.1. The summed E-state index contributed by atoms with van der Waals surface area (Å²) in [5, 5.41) is 3.73. The summed E-state index contributed by atoms with van der Waals surface area (Å²) >= 11 is 1.42. The van der Waals surface area contributed by atoms with Crippen LogP contribution in [0.2, 0.25) is 0 Å². The number of hydrogen-bond donors (Lipinski definition) is 1. The molecule has 1 amide bonds. The quantitative estimate of drug-likeness (QED) is 0.621. The molecule has 0 aliphatic rings. The topological polar surface area (TPSA) is 56.2 Å². The standard InChI is InChI=1S/C20H21N3O2S/c1-25-18-9-5-8-17(14-18)23-13-12-22-20(23)26-15-19(24)21-11-10-16-6-3-2-4-7-16/h2-9,12-14H,10-11,15H2,1H3,(H,21,24). The molecule has 1 aromatic heterocycles. The van der Waals surface area contributed by atoms with Crippen molar-refractivity contribution in [3.63, 3.8) is 0 Å². The molecule has 26 heavy (non-hydrogen) atoms. The molecule has 0 spiro atoms. The number of methoxy groups -OCH3 is 1. The molecule has 6 heteroatoms. The molecular weight excluding hydrogens is 346 g/mol. The summed E-state index contributed by atoms with van der Waals surface area (Å²) in [5.41, 5.74) is 2.17. The molecule has 0 radical (unpaired) electrons. The van der Waals surface area contributed by atoms with E-state index in [9.17, 15) is 4.79 Å². The van der Waals surface area contributed by atoms with Crippen LogP contribution in [0, 0.1) is 0 Å². The van der Waals surface area contributed by atoms with Gasteiger partial charge in [-0.25, -0.2) is 4.98 Å². The van der Waals surface area contributed by atoms with Crippen molar-refractivity contribution in [3.8, 4) is 11.4 Å². The van der Waals surface area contributed by atoms with E-state index in [4.69, 9.17) is 4.74 Å². The number of hydrogen-bond acceptors (Lipinski definition) is 4. The normalized spacial score (nSPS) is 10.5. The summed E-state index contributed by atoms with van der Waals surface area (Å²) in [6.07, 6.45) is 4.44. The van der Waals surface area contributed by atoms with Gasteiger partial charge in [0, 0.05) is 25.0 Å². The highest BCUT2D eigenvalue weighted by molar-refractivity contribution is 7.99. The lowest BCUT2D eigenvalue weighted by atomic mass is 10.1. The van der Waals surface area contributed by atoms with Gasteiger partial charge in [-0.05, 0) is 24.1 Å². The van der Waals surface area contributed by atoms with E-state index in [-0.39, 0.29) is 5.91 Å². The molecule has 0 saturated carbocycles. The third-order valence-corrected chi connectivity index (χ3v) is 4.82. The summed E-state index contributed by atoms with van der Waals surface area (Å²) in [7, 11) is 1.64. The molecule has 5 nitrogen and oxygen atoms in total. The van der Waals surface area contributed by atoms with Gasteiger partial charge >= 0.3 is 0 Å². The predicted octanol–water partition coefficient (Wildman–Crippen LogP) is 3.33. The van der Waals surface area contributed by atoms with Gasteiger partial charge in [0.25, 0.3) is 0 Å². The lowest BCUT2D eigenvalue weighted by Gasteiger charge is -2.09. The fourth-order valence-corrected chi connectivity index (χ4v) is 3.33. The second-order valence-electron chi connectivity index (χ2n) is 5.66. The molecule has 1 heterocycles. The number of amides is 1. The summed E-state index contributed by atoms with van der Waals surface area (Å²) in [4.78, 5) is 16.4. The summed E-state index contributed by atoms with van der Waals surface area (Å²) in [6, 6.07) is 17.9. The Bertz CT molecular complexity index is 849. The minimum absolute atomic E-state index is 0.00567. The number of benzene rings is 2. The van der Waals surface area contributed by atoms with Gasteiger partial charge in [0.05, 0.1) is 18.6 Å². The highest BCUT2D eigenvalue weighted by Crippen LogP contribution is 2.23. The molecule has 0 unspecified atom stereocenters. The third kappa shape index (κ3) is 4.89. The van der Waals surface area contributed by atoms with E-state index in [1.54, 1.807) is 13.3 Å². The fraction of sp³-hybridized carbons (Fsp3) is 0.200. The summed E-state index contributed by atoms with van der Waals surface area (Å²) in [5.74, 6) is 1.12. The van der Waals surface area contributed by atoms with Crippen LogP contribution in [0.3, 0.4) is 0 Å². The maximum Gasteiger partial charge on any atom is 0.230 e. The number of imidazole rings is 1. The zero-order chi connectivity index (χ0) is 18.2. The van der Waals surface area contributed by atoms with Crippen molar-refractivity contribution in [2.24, 2.45) is 0 Å². The second kappa shape index (κ2) is 9.10. The molecule has 134 valence electrons. The number of ether oxygens (including phenoxy) is 1. The zero-order valence-corrected chi connectivity index (χ0v) is 15.4. The number of carbonyl (C=O) groups excluding carboxylic acids is 1. The van der Waals surface area contributed by atoms with Crippen LogP contribution in [0.5, 0.6) is 5.75 Å². The Labute approximate surface area is 157 Å². The van der Waals surface area contributed by atoms with Crippen LogP contribution in [-0.4, -0.2) is 34.9 Å². The predicted molar refractivity (Wildman–Crippen MR) is 104 cm³/mol. The molecule has 0 aliphatic carbocycles. The van der Waals surface area contributed by atoms with Crippen LogP contribution in [0.15, 0.2) is 72.1 Å². The lowest BCUT2D eigenvalue weighted by Crippen LogP contribution is -2.27. The van der Waals surface area contributed by atoms with E-state index in [1.165, 1.54) is 17.3 Å². The van der Waals surface area contributed by atoms with Gasteiger partial charge in [0.2, 0.25) is 5.91 Å². The van der Waals surface area contributed by atoms with Gasteiger partial charge in [-0.15, -0.1) is 0 Å². The van der Waals surface area contributed by atoms with Crippen molar-refractivity contribution in [1.29, 1.82) is 0 Å². The van der Waals surface area contributed by atoms with E-state index >= 15 is 0 Å². The van der Waals surface area contributed by atoms with Gasteiger partial charge in [0.1, 0.15) is 5.75 Å². The van der Waals surface area contributed by atoms with Crippen molar-refractivity contribution >= 4 is 17.7 Å². The fourth-order valence-electron chi connectivity index (χ4n) is 2.53. The monoisotopic (exact) mass is 367 g/mol. The Hall–Kier alpha value is -2.73. The third-order valence-electron chi connectivity index (χ3n) is 3.85. The van der Waals surface area contributed by atoms with Gasteiger partial charge < -0.3 is 10.1 Å². The Morgan fingerprint density at radius 3 is 2.85 bits per heavy atom. The summed E-state index contributed by atoms with van der Waals surface area (Å²) < 4.78 is 7.22. The van der Waals surface area contributed by atoms with Crippen molar-refractivity contribution in [2.75, 3.05) is 19.4 Å². The van der Waals surface area contributed by atoms with Crippen LogP contribution in [-0.2, 0) is 11.2 Å². The first-order chi connectivity index (χ1) is 12.8. The lowest BCUT2D eigenvalue weighted by molar-refractivity contribution is -0.118. The van der Waals surface area contributed by atoms with E-state index < -0.39 is 0 Å². The molecule has 0 bridgehead atoms. The average molecular weight is 367 g/mol. The van der Waals surface area contributed by atoms with Crippen LogP contribution in [0.25, 0.3) is 5.69 Å². The van der Waals surface area contributed by atoms with E-state index in [0.717, 1.165) is 23.0 Å². The Morgan fingerprint density at radius 1 is 1.19 bits per heavy atom. The van der Waals surface area contributed by atoms with Gasteiger partial charge in [-0.3, -0.25) is 9.36 Å². The van der Waals surface area contributed by atoms with Crippen molar-refractivity contribution in [2.45, 2.75) is 11.6 Å². The number of rotatable bonds is 8. The van der Waals surface area contributed by atoms with Crippen molar-refractivity contribution < 1.29 is 9.53 Å². The molecule has 0 saturated heterocycles. The SMILES string of the molecule is COc1cccc(-n2ccnc2SCC(=O)NCCc2ccccc2)c1. The first-order valence-corrected chi connectivity index (χ1v) is 9.36. The highest BCUT2D eigenvalue weighted by atomic mass is 32.2. The van der Waals surface area contributed by atoms with Gasteiger partial charge in [0.15, 0.2) is 5.16 Å². The molecule has 3 rings (SSSR count). The highest BCUT2D eigenvalue weighted by Gasteiger charge is 2.09. The number of nitrogens with one attached hydrogen (secondary N) is 1. The van der Waals surface area contributed by atoms with Gasteiger partial charge in [-0.2, -0.15) is 0 Å². The minimum Gasteiger partial charge on any atom is -0.497 e. The van der Waals surface area contributed by atoms with Crippen LogP contribution >= 0.6 is 11.8 Å². The Kier molecular flexibility index (Phi) is 6.33. The molecule has 0 fully saturated rings. The molecular formula is C20H21N3O2S. The minimum atomic E-state index is 0.00567. The van der Waals surface area contributed by atoms with E-state index in [0.29, 0.717) is 12.3 Å². The number of aromatic nitrogens is 2. The molecule has 0 aliphatic heterocycles. The first kappa shape index (κ1) is 18.1. The summed E-state index contributed by atoms with van der Waals surface area (Å²) in [6.45, 7) is 0.633. The molecule has 3 aromatic rings. The smallest absolute Gasteiger partial charge is 0.230 e. The molecule has 2 aromatic carbocycles. The molecule has 0 atom stereocenters. The van der Waals surface area contributed by atoms with Crippen molar-refractivity contribution in [1.82, 2.24) is 14.9 Å². The van der Waals surface area contributed by atoms with Crippen molar-refractivity contribution in [3.05, 3.63) is 72.6 Å². The number of thioether (sulfide) groups is 1. The average Bonchev–Trinajstić information content (AvgIpc) is 3.16. The van der Waals surface area contributed by atoms with E-state index in [2.05, 4.69) is 22.4 Å². The molecule has 1 N–H and O–H groups in total. The Balaban J connectivity index is 1.52. The first-order valence-electron chi connectivity index (χ1n) is 8.37. The second-order valence-corrected chi connectivity index (χ2v) is 6.60. The van der Waals surface area contributed by atoms with E-state index in [1.807, 2.05) is 53.2 Å². The largest absolute Gasteiger partial charge is 0.497 e. The maximum atomic E-state index is 12.1. The Morgan fingerprint density at radius 2 is 2.04 bits per heavy atom. The number of carbonyl (C=O) groups is 1. The van der Waals surface area contributed by atoms with Crippen LogP contribution in [0.4, 0.5) is 0 Å². The number of nitrogens with zero attached hydrogens (tertiary/aromatic N) is 2. The van der Waals surface area contributed by atoms with Gasteiger partial charge in [-0.1, -0.05) is 48.2 Å². The van der Waals surface area contributed by atoms with Crippen LogP contribution in [0.1, 0.15) is 5.56 Å².